The summed E-state index contributed by atoms with van der Waals surface area (Å²) < 4.78 is 72.7. The Balaban J connectivity index is 1.61. The third-order valence-electron chi connectivity index (χ3n) is 4.99. The molecule has 0 radical (unpaired) electrons. The van der Waals surface area contributed by atoms with Crippen molar-refractivity contribution in [3.8, 4) is 0 Å². The number of hydrogen-bond donors (Lipinski definition) is 1. The molecule has 2 aromatic carbocycles. The summed E-state index contributed by atoms with van der Waals surface area (Å²) >= 11 is 0. The fourth-order valence-corrected chi connectivity index (χ4v) is 3.26. The lowest BCUT2D eigenvalue weighted by Gasteiger charge is -2.22. The SMILES string of the molecule is CC(C)C(Nc1ccc(C(F)(F)F)cc1F)C(=O)OCn1ccc(Cc2cccc(F)c2)c1. The third-order valence-corrected chi connectivity index (χ3v) is 4.99. The zero-order valence-electron chi connectivity index (χ0n) is 18.0. The van der Waals surface area contributed by atoms with Gasteiger partial charge in [0.2, 0.25) is 0 Å². The van der Waals surface area contributed by atoms with E-state index in [-0.39, 0.29) is 24.2 Å². The molecule has 0 amide bonds. The Morgan fingerprint density at radius 3 is 2.45 bits per heavy atom. The standard InChI is InChI=1S/C24H23F5N2O2/c1-15(2)22(30-21-7-6-18(12-20(21)26)24(27,28)29)23(32)33-14-31-9-8-17(13-31)10-16-4-3-5-19(25)11-16/h3-9,11-13,15,22,30H,10,14H2,1-2H3. The Bertz CT molecular complexity index is 1110. The minimum absolute atomic E-state index is 0.109. The third kappa shape index (κ3) is 6.57. The van der Waals surface area contributed by atoms with Gasteiger partial charge in [-0.15, -0.1) is 0 Å². The minimum Gasteiger partial charge on any atom is -0.442 e. The predicted molar refractivity (Wildman–Crippen MR) is 113 cm³/mol. The van der Waals surface area contributed by atoms with E-state index < -0.39 is 29.6 Å². The number of ether oxygens (including phenoxy) is 1. The Kier molecular flexibility index (Phi) is 7.40. The van der Waals surface area contributed by atoms with Crippen LogP contribution in [0.15, 0.2) is 60.9 Å². The van der Waals surface area contributed by atoms with Crippen molar-refractivity contribution in [1.82, 2.24) is 4.57 Å². The van der Waals surface area contributed by atoms with E-state index in [0.29, 0.717) is 12.5 Å². The van der Waals surface area contributed by atoms with Crippen LogP contribution in [0.5, 0.6) is 0 Å². The maximum Gasteiger partial charge on any atom is 0.416 e. The summed E-state index contributed by atoms with van der Waals surface area (Å²) in [6.45, 7) is 3.30. The number of aromatic nitrogens is 1. The summed E-state index contributed by atoms with van der Waals surface area (Å²) in [4.78, 5) is 12.6. The smallest absolute Gasteiger partial charge is 0.416 e. The van der Waals surface area contributed by atoms with E-state index in [9.17, 15) is 26.7 Å². The second kappa shape index (κ2) is 10.1. The molecule has 176 valence electrons. The molecule has 1 aromatic heterocycles. The van der Waals surface area contributed by atoms with Crippen molar-refractivity contribution in [2.45, 2.75) is 39.2 Å². The molecule has 3 aromatic rings. The van der Waals surface area contributed by atoms with Crippen LogP contribution in [0.3, 0.4) is 0 Å². The second-order valence-electron chi connectivity index (χ2n) is 7.99. The van der Waals surface area contributed by atoms with Gasteiger partial charge >= 0.3 is 12.1 Å². The Labute approximate surface area is 188 Å². The molecule has 0 bridgehead atoms. The van der Waals surface area contributed by atoms with Gasteiger partial charge in [0.1, 0.15) is 17.7 Å². The quantitative estimate of drug-likeness (QED) is 0.327. The summed E-state index contributed by atoms with van der Waals surface area (Å²) in [6.07, 6.45) is -0.705. The average Bonchev–Trinajstić information content (AvgIpc) is 3.17. The van der Waals surface area contributed by atoms with Crippen LogP contribution in [0.2, 0.25) is 0 Å². The van der Waals surface area contributed by atoms with Gasteiger partial charge in [-0.3, -0.25) is 0 Å². The molecule has 4 nitrogen and oxygen atoms in total. The van der Waals surface area contributed by atoms with Crippen molar-refractivity contribution in [2.75, 3.05) is 5.32 Å². The van der Waals surface area contributed by atoms with Gasteiger partial charge in [-0.1, -0.05) is 26.0 Å². The van der Waals surface area contributed by atoms with Crippen LogP contribution in [0.4, 0.5) is 27.6 Å². The van der Waals surface area contributed by atoms with Crippen LogP contribution in [0.1, 0.15) is 30.5 Å². The molecule has 3 rings (SSSR count). The van der Waals surface area contributed by atoms with E-state index in [2.05, 4.69) is 5.32 Å². The maximum atomic E-state index is 14.2. The zero-order valence-corrected chi connectivity index (χ0v) is 18.0. The predicted octanol–water partition coefficient (Wildman–Crippen LogP) is 6.01. The Hall–Kier alpha value is -3.36. The molecule has 1 atom stereocenters. The van der Waals surface area contributed by atoms with Crippen molar-refractivity contribution in [1.29, 1.82) is 0 Å². The molecule has 33 heavy (non-hydrogen) atoms. The molecular formula is C24H23F5N2O2. The number of esters is 1. The maximum absolute atomic E-state index is 14.2. The number of nitrogens with zero attached hydrogens (tertiary/aromatic N) is 1. The molecule has 0 aliphatic carbocycles. The van der Waals surface area contributed by atoms with E-state index >= 15 is 0 Å². The number of carbonyl (C=O) groups excluding carboxylic acids is 1. The fourth-order valence-electron chi connectivity index (χ4n) is 3.26. The van der Waals surface area contributed by atoms with Gasteiger partial charge in [0.15, 0.2) is 6.73 Å². The summed E-state index contributed by atoms with van der Waals surface area (Å²) in [5, 5.41) is 2.64. The molecule has 0 fully saturated rings. The first-order valence-electron chi connectivity index (χ1n) is 10.2. The average molecular weight is 466 g/mol. The van der Waals surface area contributed by atoms with Crippen molar-refractivity contribution in [3.05, 3.63) is 89.2 Å². The molecule has 0 aliphatic rings. The first-order chi connectivity index (χ1) is 15.5. The van der Waals surface area contributed by atoms with Crippen LogP contribution in [0.25, 0.3) is 0 Å². The Morgan fingerprint density at radius 2 is 1.82 bits per heavy atom. The van der Waals surface area contributed by atoms with Gasteiger partial charge in [-0.05, 0) is 59.9 Å². The highest BCUT2D eigenvalue weighted by Crippen LogP contribution is 2.31. The topological polar surface area (TPSA) is 43.3 Å². The van der Waals surface area contributed by atoms with Crippen molar-refractivity contribution >= 4 is 11.7 Å². The number of carbonyl (C=O) groups is 1. The fraction of sp³-hybridized carbons (Fsp3) is 0.292. The number of rotatable bonds is 8. The van der Waals surface area contributed by atoms with Crippen molar-refractivity contribution < 1.29 is 31.5 Å². The summed E-state index contributed by atoms with van der Waals surface area (Å²) in [7, 11) is 0. The normalized spacial score (nSPS) is 12.6. The highest BCUT2D eigenvalue weighted by molar-refractivity contribution is 5.79. The molecule has 0 spiro atoms. The van der Waals surface area contributed by atoms with Crippen LogP contribution >= 0.6 is 0 Å². The number of anilines is 1. The lowest BCUT2D eigenvalue weighted by atomic mass is 10.0. The number of benzene rings is 2. The molecular weight excluding hydrogens is 443 g/mol. The van der Waals surface area contributed by atoms with Crippen LogP contribution in [0, 0.1) is 17.6 Å². The van der Waals surface area contributed by atoms with Gasteiger partial charge in [0.25, 0.3) is 0 Å². The first kappa shape index (κ1) is 24.3. The summed E-state index contributed by atoms with van der Waals surface area (Å²) in [6, 6.07) is 9.15. The lowest BCUT2D eigenvalue weighted by Crippen LogP contribution is -2.36. The monoisotopic (exact) mass is 466 g/mol. The molecule has 0 saturated heterocycles. The number of nitrogens with one attached hydrogen (secondary N) is 1. The number of halogens is 5. The van der Waals surface area contributed by atoms with Gasteiger partial charge in [-0.2, -0.15) is 13.2 Å². The van der Waals surface area contributed by atoms with Crippen molar-refractivity contribution in [3.63, 3.8) is 0 Å². The van der Waals surface area contributed by atoms with Gasteiger partial charge < -0.3 is 14.6 Å². The van der Waals surface area contributed by atoms with Gasteiger partial charge in [0, 0.05) is 12.4 Å². The van der Waals surface area contributed by atoms with E-state index in [1.54, 1.807) is 42.9 Å². The van der Waals surface area contributed by atoms with Gasteiger partial charge in [-0.25, -0.2) is 13.6 Å². The summed E-state index contributed by atoms with van der Waals surface area (Å²) in [5.41, 5.74) is 0.349. The van der Waals surface area contributed by atoms with Gasteiger partial charge in [0.05, 0.1) is 11.3 Å². The molecule has 0 aliphatic heterocycles. The molecule has 9 heteroatoms. The van der Waals surface area contributed by atoms with E-state index in [0.717, 1.165) is 23.3 Å². The van der Waals surface area contributed by atoms with Crippen LogP contribution in [-0.4, -0.2) is 16.6 Å². The molecule has 1 heterocycles. The molecule has 1 unspecified atom stereocenters. The largest absolute Gasteiger partial charge is 0.442 e. The van der Waals surface area contributed by atoms with Crippen LogP contribution < -0.4 is 5.32 Å². The second-order valence-corrected chi connectivity index (χ2v) is 7.99. The highest BCUT2D eigenvalue weighted by Gasteiger charge is 2.32. The molecule has 0 saturated carbocycles. The Morgan fingerprint density at radius 1 is 1.06 bits per heavy atom. The zero-order chi connectivity index (χ0) is 24.2. The van der Waals surface area contributed by atoms with Crippen LogP contribution in [-0.2, 0) is 28.9 Å². The lowest BCUT2D eigenvalue weighted by molar-refractivity contribution is -0.149. The van der Waals surface area contributed by atoms with E-state index in [1.165, 1.54) is 12.1 Å². The minimum atomic E-state index is -4.67. The van der Waals surface area contributed by atoms with E-state index in [4.69, 9.17) is 4.74 Å². The van der Waals surface area contributed by atoms with E-state index in [1.807, 2.05) is 6.07 Å². The summed E-state index contributed by atoms with van der Waals surface area (Å²) in [5.74, 6) is -2.44. The van der Waals surface area contributed by atoms with Crippen molar-refractivity contribution in [2.24, 2.45) is 5.92 Å². The first-order valence-corrected chi connectivity index (χ1v) is 10.2. The molecule has 1 N–H and O–H groups in total. The number of alkyl halides is 3. The number of hydrogen-bond acceptors (Lipinski definition) is 3. The highest BCUT2D eigenvalue weighted by atomic mass is 19.4.